The van der Waals surface area contributed by atoms with Crippen molar-refractivity contribution in [3.8, 4) is 0 Å². The molecule has 1 heterocycles. The number of fused-ring (bicyclic) bond motifs is 1. The predicted octanol–water partition coefficient (Wildman–Crippen LogP) is 3.84. The molecule has 1 aromatic carbocycles. The first-order valence-corrected chi connectivity index (χ1v) is 7.68. The number of carbonyl (C=O) groups is 2. The van der Waals surface area contributed by atoms with Gasteiger partial charge in [-0.25, -0.2) is 4.79 Å². The summed E-state index contributed by atoms with van der Waals surface area (Å²) in [6.45, 7) is 1.53. The second kappa shape index (κ2) is 6.22. The highest BCUT2D eigenvalue weighted by Gasteiger charge is 2.24. The van der Waals surface area contributed by atoms with Gasteiger partial charge < -0.3 is 9.64 Å². The van der Waals surface area contributed by atoms with Gasteiger partial charge in [0.15, 0.2) is 6.10 Å². The largest absolute Gasteiger partial charge is 0.448 e. The minimum absolute atomic E-state index is 0.271. The van der Waals surface area contributed by atoms with Crippen LogP contribution in [-0.4, -0.2) is 37.0 Å². The third-order valence-electron chi connectivity index (χ3n) is 2.85. The minimum Gasteiger partial charge on any atom is -0.448 e. The second-order valence-corrected chi connectivity index (χ2v) is 6.53. The van der Waals surface area contributed by atoms with Gasteiger partial charge in [0.2, 0.25) is 0 Å². The van der Waals surface area contributed by atoms with Gasteiger partial charge in [0.05, 0.1) is 5.02 Å². The maximum absolute atomic E-state index is 12.2. The van der Waals surface area contributed by atoms with Crippen LogP contribution in [-0.2, 0) is 9.53 Å². The zero-order valence-electron chi connectivity index (χ0n) is 11.6. The Hall–Kier alpha value is -1.30. The zero-order valence-corrected chi connectivity index (χ0v) is 14.0. The lowest BCUT2D eigenvalue weighted by atomic mass is 10.2. The molecule has 0 saturated carbocycles. The fourth-order valence-corrected chi connectivity index (χ4v) is 3.47. The molecule has 2 rings (SSSR count). The van der Waals surface area contributed by atoms with Crippen LogP contribution in [0, 0.1) is 0 Å². The normalized spacial score (nSPS) is 12.2. The monoisotopic (exact) mass is 345 g/mol. The molecule has 0 aliphatic carbocycles. The number of rotatable bonds is 3. The molecule has 0 saturated heterocycles. The van der Waals surface area contributed by atoms with E-state index in [0.717, 1.165) is 10.1 Å². The SMILES string of the molecule is C[C@H](OC(=O)c1sc2cc(Cl)ccc2c1Cl)C(=O)N(C)C. The molecule has 1 atom stereocenters. The van der Waals surface area contributed by atoms with Gasteiger partial charge >= 0.3 is 5.97 Å². The quantitative estimate of drug-likeness (QED) is 0.794. The highest BCUT2D eigenvalue weighted by Crippen LogP contribution is 2.37. The third-order valence-corrected chi connectivity index (χ3v) is 4.72. The number of hydrogen-bond acceptors (Lipinski definition) is 4. The molecule has 0 fully saturated rings. The smallest absolute Gasteiger partial charge is 0.350 e. The first-order valence-electron chi connectivity index (χ1n) is 6.11. The van der Waals surface area contributed by atoms with Crippen LogP contribution in [0.2, 0.25) is 10.0 Å². The molecule has 0 unspecified atom stereocenters. The standard InChI is InChI=1S/C14H13Cl2NO3S/c1-7(13(18)17(2)3)20-14(19)12-11(16)9-5-4-8(15)6-10(9)21-12/h4-7H,1-3H3/t7-/m0/s1. The number of amides is 1. The van der Waals surface area contributed by atoms with Crippen LogP contribution in [0.15, 0.2) is 18.2 Å². The van der Waals surface area contributed by atoms with Gasteiger partial charge in [-0.2, -0.15) is 0 Å². The Morgan fingerprint density at radius 1 is 1.29 bits per heavy atom. The Morgan fingerprint density at radius 2 is 1.95 bits per heavy atom. The Labute approximate surface area is 136 Å². The molecule has 0 bridgehead atoms. The van der Waals surface area contributed by atoms with E-state index < -0.39 is 12.1 Å². The number of benzene rings is 1. The molecule has 4 nitrogen and oxygen atoms in total. The van der Waals surface area contributed by atoms with Crippen molar-refractivity contribution >= 4 is 56.5 Å². The summed E-state index contributed by atoms with van der Waals surface area (Å²) in [5.74, 6) is -0.899. The number of ether oxygens (including phenoxy) is 1. The second-order valence-electron chi connectivity index (χ2n) is 4.67. The van der Waals surface area contributed by atoms with Gasteiger partial charge in [-0.1, -0.05) is 29.3 Å². The summed E-state index contributed by atoms with van der Waals surface area (Å²) < 4.78 is 5.96. The number of carbonyl (C=O) groups excluding carboxylic acids is 2. The van der Waals surface area contributed by atoms with Crippen molar-refractivity contribution in [2.45, 2.75) is 13.0 Å². The van der Waals surface area contributed by atoms with Gasteiger partial charge in [-0.15, -0.1) is 11.3 Å². The molecular formula is C14H13Cl2NO3S. The molecule has 1 amide bonds. The minimum atomic E-state index is -0.864. The molecule has 0 aliphatic rings. The molecule has 0 radical (unpaired) electrons. The third kappa shape index (κ3) is 3.31. The van der Waals surface area contributed by atoms with Crippen LogP contribution in [0.25, 0.3) is 10.1 Å². The van der Waals surface area contributed by atoms with Crippen molar-refractivity contribution in [3.05, 3.63) is 33.1 Å². The average molecular weight is 346 g/mol. The lowest BCUT2D eigenvalue weighted by molar-refractivity contribution is -0.137. The van der Waals surface area contributed by atoms with E-state index in [2.05, 4.69) is 0 Å². The van der Waals surface area contributed by atoms with E-state index in [9.17, 15) is 9.59 Å². The first-order chi connectivity index (χ1) is 9.81. The van der Waals surface area contributed by atoms with E-state index in [1.807, 2.05) is 0 Å². The van der Waals surface area contributed by atoms with E-state index in [4.69, 9.17) is 27.9 Å². The van der Waals surface area contributed by atoms with E-state index in [-0.39, 0.29) is 10.8 Å². The topological polar surface area (TPSA) is 46.6 Å². The maximum atomic E-state index is 12.2. The molecule has 2 aromatic rings. The van der Waals surface area contributed by atoms with E-state index in [1.165, 1.54) is 23.2 Å². The Balaban J connectivity index is 2.28. The Morgan fingerprint density at radius 3 is 2.57 bits per heavy atom. The lowest BCUT2D eigenvalue weighted by Crippen LogP contribution is -2.34. The maximum Gasteiger partial charge on any atom is 0.350 e. The summed E-state index contributed by atoms with van der Waals surface area (Å²) in [4.78, 5) is 25.5. The molecule has 7 heteroatoms. The van der Waals surface area contributed by atoms with E-state index >= 15 is 0 Å². The van der Waals surface area contributed by atoms with Crippen molar-refractivity contribution in [1.29, 1.82) is 0 Å². The number of halogens is 2. The summed E-state index contributed by atoms with van der Waals surface area (Å²) in [7, 11) is 3.20. The van der Waals surface area contributed by atoms with Crippen molar-refractivity contribution in [1.82, 2.24) is 4.90 Å². The summed E-state index contributed by atoms with van der Waals surface area (Å²) in [5, 5.41) is 1.63. The van der Waals surface area contributed by atoms with Crippen molar-refractivity contribution < 1.29 is 14.3 Å². The van der Waals surface area contributed by atoms with Crippen molar-refractivity contribution in [3.63, 3.8) is 0 Å². The number of nitrogens with zero attached hydrogens (tertiary/aromatic N) is 1. The Kier molecular flexibility index (Phi) is 4.76. The van der Waals surface area contributed by atoms with Gasteiger partial charge in [0.1, 0.15) is 4.88 Å². The predicted molar refractivity (Wildman–Crippen MR) is 85.4 cm³/mol. The van der Waals surface area contributed by atoms with E-state index in [1.54, 1.807) is 32.3 Å². The van der Waals surface area contributed by atoms with Crippen LogP contribution >= 0.6 is 34.5 Å². The summed E-state index contributed by atoms with van der Waals surface area (Å²) >= 11 is 13.3. The van der Waals surface area contributed by atoms with Crippen LogP contribution in [0.4, 0.5) is 0 Å². The Bertz CT molecular complexity index is 712. The molecule has 0 N–H and O–H groups in total. The number of hydrogen-bond donors (Lipinski definition) is 0. The fourth-order valence-electron chi connectivity index (χ4n) is 1.80. The number of thiophene rings is 1. The van der Waals surface area contributed by atoms with Crippen molar-refractivity contribution in [2.24, 2.45) is 0 Å². The number of likely N-dealkylation sites (N-methyl/N-ethyl adjacent to an activating group) is 1. The summed E-state index contributed by atoms with van der Waals surface area (Å²) in [5.41, 5.74) is 0. The van der Waals surface area contributed by atoms with Crippen LogP contribution in [0.5, 0.6) is 0 Å². The van der Waals surface area contributed by atoms with Crippen molar-refractivity contribution in [2.75, 3.05) is 14.1 Å². The summed E-state index contributed by atoms with van der Waals surface area (Å²) in [6.07, 6.45) is -0.864. The van der Waals surface area contributed by atoms with Gasteiger partial charge in [0, 0.05) is 29.2 Å². The highest BCUT2D eigenvalue weighted by atomic mass is 35.5. The zero-order chi connectivity index (χ0) is 15.7. The average Bonchev–Trinajstić information content (AvgIpc) is 2.74. The molecule has 1 aromatic heterocycles. The van der Waals surface area contributed by atoms with Crippen LogP contribution < -0.4 is 0 Å². The molecule has 21 heavy (non-hydrogen) atoms. The molecular weight excluding hydrogens is 333 g/mol. The van der Waals surface area contributed by atoms with Crippen LogP contribution in [0.1, 0.15) is 16.6 Å². The molecule has 0 aliphatic heterocycles. The van der Waals surface area contributed by atoms with Gasteiger partial charge in [-0.3, -0.25) is 4.79 Å². The van der Waals surface area contributed by atoms with Crippen LogP contribution in [0.3, 0.4) is 0 Å². The first kappa shape index (κ1) is 16.1. The highest BCUT2D eigenvalue weighted by molar-refractivity contribution is 7.21. The van der Waals surface area contributed by atoms with Gasteiger partial charge in [-0.05, 0) is 19.1 Å². The number of esters is 1. The molecule has 0 spiro atoms. The fraction of sp³-hybridized carbons (Fsp3) is 0.286. The van der Waals surface area contributed by atoms with E-state index in [0.29, 0.717) is 10.0 Å². The van der Waals surface area contributed by atoms with Gasteiger partial charge in [0.25, 0.3) is 5.91 Å². The lowest BCUT2D eigenvalue weighted by Gasteiger charge is -2.16. The molecule has 112 valence electrons. The summed E-state index contributed by atoms with van der Waals surface area (Å²) in [6, 6.07) is 5.19.